The molecular weight excluding hydrogens is 462 g/mol. The average molecular weight is 484 g/mol. The number of hydrogen-bond donors (Lipinski definition) is 1. The van der Waals surface area contributed by atoms with Crippen LogP contribution in [0.1, 0.15) is 35.4 Å². The van der Waals surface area contributed by atoms with Crippen LogP contribution >= 0.6 is 27.3 Å². The van der Waals surface area contributed by atoms with Crippen molar-refractivity contribution in [3.05, 3.63) is 69.0 Å². The van der Waals surface area contributed by atoms with Gasteiger partial charge in [0.25, 0.3) is 0 Å². The Morgan fingerprint density at radius 1 is 1.20 bits per heavy atom. The van der Waals surface area contributed by atoms with Gasteiger partial charge >= 0.3 is 0 Å². The van der Waals surface area contributed by atoms with E-state index < -0.39 is 0 Å². The molecule has 2 amide bonds. The molecule has 0 saturated heterocycles. The van der Waals surface area contributed by atoms with Crippen LogP contribution in [-0.4, -0.2) is 28.2 Å². The first-order chi connectivity index (χ1) is 14.4. The number of aryl methyl sites for hydroxylation is 1. The molecule has 0 saturated carbocycles. The molecule has 7 heteroatoms. The van der Waals surface area contributed by atoms with Crippen LogP contribution in [0, 0.1) is 6.92 Å². The first-order valence-corrected chi connectivity index (χ1v) is 11.4. The van der Waals surface area contributed by atoms with E-state index in [0.717, 1.165) is 32.6 Å². The van der Waals surface area contributed by atoms with Crippen molar-refractivity contribution in [1.82, 2.24) is 9.88 Å². The Kier molecular flexibility index (Phi) is 6.01. The van der Waals surface area contributed by atoms with E-state index in [1.54, 1.807) is 11.8 Å². The van der Waals surface area contributed by atoms with Crippen LogP contribution in [0.15, 0.2) is 53.0 Å². The van der Waals surface area contributed by atoms with Crippen molar-refractivity contribution in [2.75, 3.05) is 11.9 Å². The molecule has 0 radical (unpaired) electrons. The summed E-state index contributed by atoms with van der Waals surface area (Å²) >= 11 is 4.91. The second kappa shape index (κ2) is 8.70. The molecule has 1 atom stereocenters. The van der Waals surface area contributed by atoms with E-state index >= 15 is 0 Å². The van der Waals surface area contributed by atoms with Crippen LogP contribution in [0.5, 0.6) is 0 Å². The van der Waals surface area contributed by atoms with Crippen molar-refractivity contribution < 1.29 is 9.59 Å². The van der Waals surface area contributed by atoms with Crippen molar-refractivity contribution in [2.45, 2.75) is 32.7 Å². The number of hydrogen-bond acceptors (Lipinski definition) is 4. The first-order valence-electron chi connectivity index (χ1n) is 9.80. The number of benzene rings is 2. The third kappa shape index (κ3) is 4.32. The van der Waals surface area contributed by atoms with Crippen molar-refractivity contribution >= 4 is 44.2 Å². The Labute approximate surface area is 188 Å². The second-order valence-corrected chi connectivity index (χ2v) is 9.48. The number of nitrogens with one attached hydrogen (secondary N) is 1. The highest BCUT2D eigenvalue weighted by Gasteiger charge is 2.30. The predicted octanol–water partition coefficient (Wildman–Crippen LogP) is 5.36. The highest BCUT2D eigenvalue weighted by Crippen LogP contribution is 2.34. The Balaban J connectivity index is 1.52. The first kappa shape index (κ1) is 20.8. The number of thiazole rings is 1. The molecular formula is C23H22BrN3O2S. The number of rotatable bonds is 4. The molecule has 1 unspecified atom stereocenters. The summed E-state index contributed by atoms with van der Waals surface area (Å²) in [6.07, 6.45) is 1.03. The van der Waals surface area contributed by atoms with E-state index in [4.69, 9.17) is 0 Å². The van der Waals surface area contributed by atoms with Crippen LogP contribution in [0.4, 0.5) is 5.13 Å². The normalized spacial score (nSPS) is 15.6. The third-order valence-electron chi connectivity index (χ3n) is 5.36. The summed E-state index contributed by atoms with van der Waals surface area (Å²) in [5.74, 6) is -0.149. The Morgan fingerprint density at radius 2 is 1.93 bits per heavy atom. The number of amides is 2. The molecule has 1 aromatic heterocycles. The third-order valence-corrected chi connectivity index (χ3v) is 6.77. The van der Waals surface area contributed by atoms with Crippen LogP contribution in [0.25, 0.3) is 11.3 Å². The number of carbonyl (C=O) groups excluding carboxylic acids is 2. The van der Waals surface area contributed by atoms with Gasteiger partial charge in [-0.2, -0.15) is 0 Å². The molecule has 30 heavy (non-hydrogen) atoms. The Bertz CT molecular complexity index is 1090. The summed E-state index contributed by atoms with van der Waals surface area (Å²) in [5, 5.41) is 3.52. The van der Waals surface area contributed by atoms with Crippen molar-refractivity contribution in [3.8, 4) is 11.3 Å². The van der Waals surface area contributed by atoms with Crippen molar-refractivity contribution in [1.29, 1.82) is 0 Å². The fourth-order valence-corrected chi connectivity index (χ4v) is 5.04. The van der Waals surface area contributed by atoms with E-state index in [-0.39, 0.29) is 24.3 Å². The lowest BCUT2D eigenvalue weighted by Crippen LogP contribution is -2.40. The van der Waals surface area contributed by atoms with Gasteiger partial charge in [0.1, 0.15) is 0 Å². The van der Waals surface area contributed by atoms with Gasteiger partial charge in [-0.05, 0) is 36.6 Å². The number of fused-ring (bicyclic) bond motifs is 1. The van der Waals surface area contributed by atoms with Gasteiger partial charge in [-0.15, -0.1) is 11.3 Å². The van der Waals surface area contributed by atoms with Crippen LogP contribution in [0.3, 0.4) is 0 Å². The lowest BCUT2D eigenvalue weighted by Gasteiger charge is -2.36. The molecule has 2 aromatic carbocycles. The molecule has 1 N–H and O–H groups in total. The van der Waals surface area contributed by atoms with Crippen LogP contribution in [-0.2, 0) is 16.0 Å². The number of carbonyl (C=O) groups is 2. The fraction of sp³-hybridized carbons (Fsp3) is 0.261. The molecule has 3 aromatic rings. The monoisotopic (exact) mass is 483 g/mol. The average Bonchev–Trinajstić information content (AvgIpc) is 3.08. The minimum absolute atomic E-state index is 0.00933. The molecule has 5 nitrogen and oxygen atoms in total. The molecule has 1 aliphatic rings. The summed E-state index contributed by atoms with van der Waals surface area (Å²) in [6.45, 7) is 4.20. The van der Waals surface area contributed by atoms with Gasteiger partial charge in [-0.25, -0.2) is 4.98 Å². The van der Waals surface area contributed by atoms with Gasteiger partial charge < -0.3 is 10.2 Å². The van der Waals surface area contributed by atoms with Gasteiger partial charge in [-0.1, -0.05) is 52.3 Å². The second-order valence-electron chi connectivity index (χ2n) is 7.36. The molecule has 4 rings (SSSR count). The molecule has 0 aliphatic carbocycles. The maximum Gasteiger partial charge on any atom is 0.228 e. The minimum Gasteiger partial charge on any atom is -0.335 e. The lowest BCUT2D eigenvalue weighted by molar-refractivity contribution is -0.132. The zero-order valence-electron chi connectivity index (χ0n) is 16.8. The summed E-state index contributed by atoms with van der Waals surface area (Å²) in [7, 11) is 0. The van der Waals surface area contributed by atoms with E-state index in [0.29, 0.717) is 11.7 Å². The van der Waals surface area contributed by atoms with Crippen LogP contribution in [0.2, 0.25) is 0 Å². The Hall–Kier alpha value is -2.51. The van der Waals surface area contributed by atoms with Gasteiger partial charge in [0.05, 0.1) is 18.2 Å². The molecule has 0 fully saturated rings. The maximum absolute atomic E-state index is 12.9. The minimum atomic E-state index is -0.251. The SMILES string of the molecule is CC(=O)N1CCc2ccccc2C1CC(=O)Nc1nc(-c2ccc(Br)cc2)c(C)s1. The molecule has 0 bridgehead atoms. The van der Waals surface area contributed by atoms with Crippen molar-refractivity contribution in [2.24, 2.45) is 0 Å². The number of aromatic nitrogens is 1. The lowest BCUT2D eigenvalue weighted by atomic mass is 9.90. The maximum atomic E-state index is 12.9. The molecule has 154 valence electrons. The molecule has 0 spiro atoms. The predicted molar refractivity (Wildman–Crippen MR) is 124 cm³/mol. The van der Waals surface area contributed by atoms with E-state index in [2.05, 4.69) is 32.3 Å². The standard InChI is InChI=1S/C23H22BrN3O2S/c1-14-22(17-7-9-18(24)10-8-17)26-23(30-14)25-21(29)13-20-19-6-4-3-5-16(19)11-12-27(20)15(2)28/h3-10,20H,11-13H2,1-2H3,(H,25,26,29). The Morgan fingerprint density at radius 3 is 2.67 bits per heavy atom. The summed E-state index contributed by atoms with van der Waals surface area (Å²) in [5.41, 5.74) is 4.14. The number of anilines is 1. The zero-order chi connectivity index (χ0) is 21.3. The van der Waals surface area contributed by atoms with Crippen LogP contribution < -0.4 is 5.32 Å². The fourth-order valence-electron chi connectivity index (χ4n) is 3.92. The van der Waals surface area contributed by atoms with E-state index in [1.807, 2.05) is 49.4 Å². The van der Waals surface area contributed by atoms with E-state index in [1.165, 1.54) is 16.9 Å². The van der Waals surface area contributed by atoms with Gasteiger partial charge in [0.2, 0.25) is 11.8 Å². The molecule has 2 heterocycles. The highest BCUT2D eigenvalue weighted by molar-refractivity contribution is 9.10. The van der Waals surface area contributed by atoms with Gasteiger partial charge in [0.15, 0.2) is 5.13 Å². The largest absolute Gasteiger partial charge is 0.335 e. The summed E-state index contributed by atoms with van der Waals surface area (Å²) in [4.78, 5) is 32.5. The summed E-state index contributed by atoms with van der Waals surface area (Å²) in [6, 6.07) is 15.8. The topological polar surface area (TPSA) is 62.3 Å². The van der Waals surface area contributed by atoms with Gasteiger partial charge in [0, 0.05) is 28.4 Å². The number of nitrogens with zero attached hydrogens (tertiary/aromatic N) is 2. The van der Waals surface area contributed by atoms with Crippen molar-refractivity contribution in [3.63, 3.8) is 0 Å². The smallest absolute Gasteiger partial charge is 0.228 e. The van der Waals surface area contributed by atoms with Gasteiger partial charge in [-0.3, -0.25) is 9.59 Å². The zero-order valence-corrected chi connectivity index (χ0v) is 19.2. The highest BCUT2D eigenvalue weighted by atomic mass is 79.9. The summed E-state index contributed by atoms with van der Waals surface area (Å²) < 4.78 is 1.01. The quantitative estimate of drug-likeness (QED) is 0.543. The van der Waals surface area contributed by atoms with E-state index in [9.17, 15) is 9.59 Å². The number of halogens is 1. The molecule has 1 aliphatic heterocycles.